The molecule has 30 heavy (non-hydrogen) atoms. The molecule has 1 unspecified atom stereocenters. The third-order valence-electron chi connectivity index (χ3n) is 6.93. The van der Waals surface area contributed by atoms with E-state index in [0.29, 0.717) is 40.5 Å². The van der Waals surface area contributed by atoms with Gasteiger partial charge < -0.3 is 9.80 Å². The van der Waals surface area contributed by atoms with Crippen LogP contribution in [0.3, 0.4) is 0 Å². The fourth-order valence-electron chi connectivity index (χ4n) is 5.25. The zero-order valence-electron chi connectivity index (χ0n) is 17.5. The Hall–Kier alpha value is -1.30. The first-order valence-electron chi connectivity index (χ1n) is 11.3. The molecule has 3 fully saturated rings. The third-order valence-corrected chi connectivity index (χ3v) is 7.67. The van der Waals surface area contributed by atoms with E-state index in [1.165, 1.54) is 19.3 Å². The fourth-order valence-corrected chi connectivity index (χ4v) is 5.54. The Bertz CT molecular complexity index is 768. The maximum absolute atomic E-state index is 13.5. The van der Waals surface area contributed by atoms with Crippen molar-refractivity contribution in [2.75, 3.05) is 39.3 Å². The van der Waals surface area contributed by atoms with Crippen molar-refractivity contribution >= 4 is 35.0 Å². The molecule has 1 atom stereocenters. The Morgan fingerprint density at radius 2 is 1.47 bits per heavy atom. The van der Waals surface area contributed by atoms with Gasteiger partial charge in [0.2, 0.25) is 5.91 Å². The van der Waals surface area contributed by atoms with Crippen LogP contribution in [0, 0.1) is 5.92 Å². The van der Waals surface area contributed by atoms with Gasteiger partial charge in [-0.25, -0.2) is 0 Å². The van der Waals surface area contributed by atoms with Gasteiger partial charge in [0.1, 0.15) is 0 Å². The second-order valence-electron chi connectivity index (χ2n) is 8.83. The van der Waals surface area contributed by atoms with E-state index in [1.54, 1.807) is 18.2 Å². The van der Waals surface area contributed by atoms with E-state index < -0.39 is 0 Å². The van der Waals surface area contributed by atoms with Crippen molar-refractivity contribution in [3.05, 3.63) is 33.8 Å². The molecule has 0 radical (unpaired) electrons. The maximum Gasteiger partial charge on any atom is 0.253 e. The van der Waals surface area contributed by atoms with Gasteiger partial charge in [0.25, 0.3) is 5.91 Å². The molecule has 2 heterocycles. The predicted octanol–water partition coefficient (Wildman–Crippen LogP) is 4.32. The average Bonchev–Trinajstić information content (AvgIpc) is 3.31. The maximum atomic E-state index is 13.5. The Morgan fingerprint density at radius 3 is 2.10 bits per heavy atom. The van der Waals surface area contributed by atoms with E-state index in [1.807, 2.05) is 4.90 Å². The molecule has 7 heteroatoms. The lowest BCUT2D eigenvalue weighted by molar-refractivity contribution is -0.140. The van der Waals surface area contributed by atoms with Crippen molar-refractivity contribution in [1.29, 1.82) is 0 Å². The minimum Gasteiger partial charge on any atom is -0.341 e. The summed E-state index contributed by atoms with van der Waals surface area (Å²) in [6.07, 6.45) is 8.21. The van der Waals surface area contributed by atoms with Crippen LogP contribution in [0.2, 0.25) is 10.0 Å². The van der Waals surface area contributed by atoms with Crippen molar-refractivity contribution < 1.29 is 9.59 Å². The molecular formula is C23H31Cl2N3O2. The smallest absolute Gasteiger partial charge is 0.253 e. The van der Waals surface area contributed by atoms with Gasteiger partial charge in [0.15, 0.2) is 0 Å². The Labute approximate surface area is 189 Å². The van der Waals surface area contributed by atoms with Crippen LogP contribution in [0.5, 0.6) is 0 Å². The first-order valence-corrected chi connectivity index (χ1v) is 12.1. The molecule has 1 saturated carbocycles. The minimum absolute atomic E-state index is 0.0204. The average molecular weight is 452 g/mol. The lowest BCUT2D eigenvalue weighted by Gasteiger charge is -2.43. The van der Waals surface area contributed by atoms with E-state index in [0.717, 1.165) is 51.9 Å². The summed E-state index contributed by atoms with van der Waals surface area (Å²) >= 11 is 12.1. The number of benzene rings is 1. The summed E-state index contributed by atoms with van der Waals surface area (Å²) in [5, 5.41) is 0.850. The first-order chi connectivity index (χ1) is 14.5. The molecule has 164 valence electrons. The molecule has 0 bridgehead atoms. The Balaban J connectivity index is 1.42. The van der Waals surface area contributed by atoms with Crippen LogP contribution >= 0.6 is 23.2 Å². The van der Waals surface area contributed by atoms with E-state index >= 15 is 0 Å². The summed E-state index contributed by atoms with van der Waals surface area (Å²) in [4.78, 5) is 32.7. The van der Waals surface area contributed by atoms with Crippen LogP contribution in [-0.4, -0.2) is 71.8 Å². The monoisotopic (exact) mass is 451 g/mol. The van der Waals surface area contributed by atoms with Crippen molar-refractivity contribution in [1.82, 2.24) is 14.7 Å². The van der Waals surface area contributed by atoms with Gasteiger partial charge in [-0.2, -0.15) is 0 Å². The highest BCUT2D eigenvalue weighted by molar-refractivity contribution is 6.42. The highest BCUT2D eigenvalue weighted by Gasteiger charge is 2.39. The molecule has 1 aliphatic carbocycles. The number of nitrogens with zero attached hydrogens (tertiary/aromatic N) is 3. The molecule has 2 amide bonds. The van der Waals surface area contributed by atoms with Crippen LogP contribution in [-0.2, 0) is 4.79 Å². The molecule has 1 aromatic rings. The predicted molar refractivity (Wildman–Crippen MR) is 120 cm³/mol. The van der Waals surface area contributed by atoms with Crippen molar-refractivity contribution in [3.63, 3.8) is 0 Å². The number of carbonyl (C=O) groups is 2. The van der Waals surface area contributed by atoms with E-state index in [2.05, 4.69) is 9.80 Å². The van der Waals surface area contributed by atoms with Crippen LogP contribution < -0.4 is 0 Å². The molecule has 5 nitrogen and oxygen atoms in total. The quantitative estimate of drug-likeness (QED) is 0.684. The summed E-state index contributed by atoms with van der Waals surface area (Å²) in [6, 6.07) is 5.01. The summed E-state index contributed by atoms with van der Waals surface area (Å²) in [7, 11) is 0. The van der Waals surface area contributed by atoms with Gasteiger partial charge in [-0.05, 0) is 56.2 Å². The Kier molecular flexibility index (Phi) is 7.22. The molecular weight excluding hydrogens is 421 g/mol. The van der Waals surface area contributed by atoms with E-state index in [4.69, 9.17) is 23.2 Å². The van der Waals surface area contributed by atoms with Crippen molar-refractivity contribution in [2.45, 2.75) is 51.0 Å². The van der Waals surface area contributed by atoms with Gasteiger partial charge in [0, 0.05) is 44.8 Å². The molecule has 3 aliphatic rings. The largest absolute Gasteiger partial charge is 0.341 e. The normalized spacial score (nSPS) is 22.3. The van der Waals surface area contributed by atoms with E-state index in [9.17, 15) is 9.59 Å². The lowest BCUT2D eigenvalue weighted by atomic mass is 9.93. The zero-order chi connectivity index (χ0) is 21.1. The molecule has 2 aliphatic heterocycles. The van der Waals surface area contributed by atoms with Gasteiger partial charge >= 0.3 is 0 Å². The van der Waals surface area contributed by atoms with Gasteiger partial charge in [-0.3, -0.25) is 14.5 Å². The van der Waals surface area contributed by atoms with Gasteiger partial charge in [-0.15, -0.1) is 0 Å². The van der Waals surface area contributed by atoms with Crippen molar-refractivity contribution in [2.24, 2.45) is 5.92 Å². The summed E-state index contributed by atoms with van der Waals surface area (Å²) in [5.74, 6) is 0.760. The molecule has 4 rings (SSSR count). The standard InChI is InChI=1S/C23H31Cl2N3O2/c24-19-9-8-18(16-20(19)25)22(29)28-14-12-26(13-15-28)21(17-6-2-3-7-17)23(30)27-10-4-1-5-11-27/h8-9,16-17,21H,1-7,10-15H2. The molecule has 1 aromatic carbocycles. The highest BCUT2D eigenvalue weighted by Crippen LogP contribution is 2.32. The minimum atomic E-state index is -0.0205. The first kappa shape index (κ1) is 21.9. The summed E-state index contributed by atoms with van der Waals surface area (Å²) in [6.45, 7) is 4.56. The number of halogens is 2. The fraction of sp³-hybridized carbons (Fsp3) is 0.652. The summed E-state index contributed by atoms with van der Waals surface area (Å²) in [5.41, 5.74) is 0.564. The Morgan fingerprint density at radius 1 is 0.800 bits per heavy atom. The second kappa shape index (κ2) is 9.88. The van der Waals surface area contributed by atoms with Crippen LogP contribution in [0.1, 0.15) is 55.3 Å². The number of hydrogen-bond acceptors (Lipinski definition) is 3. The highest BCUT2D eigenvalue weighted by atomic mass is 35.5. The van der Waals surface area contributed by atoms with Crippen molar-refractivity contribution in [3.8, 4) is 0 Å². The third kappa shape index (κ3) is 4.79. The SMILES string of the molecule is O=C(c1ccc(Cl)c(Cl)c1)N1CCN(C(C(=O)N2CCCCC2)C2CCCC2)CC1. The topological polar surface area (TPSA) is 43.9 Å². The molecule has 0 spiro atoms. The number of amides is 2. The summed E-state index contributed by atoms with van der Waals surface area (Å²) < 4.78 is 0. The van der Waals surface area contributed by atoms with Crippen LogP contribution in [0.4, 0.5) is 0 Å². The number of carbonyl (C=O) groups excluding carboxylic acids is 2. The van der Waals surface area contributed by atoms with Gasteiger partial charge in [0.05, 0.1) is 16.1 Å². The molecule has 2 saturated heterocycles. The van der Waals surface area contributed by atoms with Crippen LogP contribution in [0.15, 0.2) is 18.2 Å². The second-order valence-corrected chi connectivity index (χ2v) is 9.65. The molecule has 0 aromatic heterocycles. The molecule has 0 N–H and O–H groups in total. The van der Waals surface area contributed by atoms with E-state index in [-0.39, 0.29) is 11.9 Å². The zero-order valence-corrected chi connectivity index (χ0v) is 19.0. The number of piperazine rings is 1. The lowest BCUT2D eigenvalue weighted by Crippen LogP contribution is -2.59. The van der Waals surface area contributed by atoms with Gasteiger partial charge in [-0.1, -0.05) is 36.0 Å². The van der Waals surface area contributed by atoms with Crippen LogP contribution in [0.25, 0.3) is 0 Å². The number of rotatable bonds is 4. The number of likely N-dealkylation sites (tertiary alicyclic amines) is 1. The number of piperidine rings is 1. The number of hydrogen-bond donors (Lipinski definition) is 0.